The number of carbonyl (C=O) groups excluding carboxylic acids is 1. The Hall–Kier alpha value is -3.03. The summed E-state index contributed by atoms with van der Waals surface area (Å²) in [7, 11) is -3.97. The average Bonchev–Trinajstić information content (AvgIpc) is 3.33. The maximum Gasteiger partial charge on any atom is 0.264 e. The van der Waals surface area contributed by atoms with Crippen molar-refractivity contribution in [3.63, 3.8) is 0 Å². The van der Waals surface area contributed by atoms with Crippen molar-refractivity contribution in [3.8, 4) is 0 Å². The zero-order valence-corrected chi connectivity index (χ0v) is 19.0. The quantitative estimate of drug-likeness (QED) is 0.541. The normalized spacial score (nSPS) is 13.7. The number of amides is 1. The van der Waals surface area contributed by atoms with Crippen molar-refractivity contribution < 1.29 is 13.2 Å². The first-order valence-electron chi connectivity index (χ1n) is 10.4. The molecule has 1 aliphatic heterocycles. The highest BCUT2D eigenvalue weighted by Crippen LogP contribution is 2.26. The minimum absolute atomic E-state index is 0.0998. The van der Waals surface area contributed by atoms with E-state index in [9.17, 15) is 13.2 Å². The number of benzene rings is 3. The summed E-state index contributed by atoms with van der Waals surface area (Å²) < 4.78 is 27.7. The standard InChI is InChI=1S/C24H24ClN3O3S/c25-19-7-6-8-22(17-19)28(32(30,31)23-9-2-1-3-10-23)18-24(29)26-20-11-13-21(14-12-20)27-15-4-5-16-27/h1-3,6-14,17H,4-5,15-16,18H2,(H,26,29). The van der Waals surface area contributed by atoms with E-state index in [4.69, 9.17) is 11.6 Å². The number of halogens is 1. The SMILES string of the molecule is O=C(CN(c1cccc(Cl)c1)S(=O)(=O)c1ccccc1)Nc1ccc(N2CCCC2)cc1. The summed E-state index contributed by atoms with van der Waals surface area (Å²) in [6.45, 7) is 1.70. The van der Waals surface area contributed by atoms with Gasteiger partial charge >= 0.3 is 0 Å². The van der Waals surface area contributed by atoms with E-state index in [0.717, 1.165) is 23.1 Å². The van der Waals surface area contributed by atoms with E-state index in [1.807, 2.05) is 24.3 Å². The van der Waals surface area contributed by atoms with Gasteiger partial charge in [0.25, 0.3) is 10.0 Å². The Morgan fingerprint density at radius 3 is 2.28 bits per heavy atom. The van der Waals surface area contributed by atoms with Crippen molar-refractivity contribution in [2.24, 2.45) is 0 Å². The van der Waals surface area contributed by atoms with Gasteiger partial charge < -0.3 is 10.2 Å². The van der Waals surface area contributed by atoms with Crippen LogP contribution in [0.15, 0.2) is 83.8 Å². The van der Waals surface area contributed by atoms with Gasteiger partial charge in [-0.05, 0) is 67.4 Å². The van der Waals surface area contributed by atoms with Gasteiger partial charge in [-0.1, -0.05) is 35.9 Å². The van der Waals surface area contributed by atoms with Crippen LogP contribution in [0.2, 0.25) is 5.02 Å². The monoisotopic (exact) mass is 469 g/mol. The Balaban J connectivity index is 1.55. The molecule has 0 radical (unpaired) electrons. The van der Waals surface area contributed by atoms with Crippen LogP contribution in [0.1, 0.15) is 12.8 Å². The molecule has 0 spiro atoms. The van der Waals surface area contributed by atoms with E-state index in [0.29, 0.717) is 16.4 Å². The van der Waals surface area contributed by atoms with E-state index >= 15 is 0 Å². The molecule has 1 saturated heterocycles. The van der Waals surface area contributed by atoms with E-state index in [1.165, 1.54) is 31.0 Å². The lowest BCUT2D eigenvalue weighted by atomic mass is 10.2. The van der Waals surface area contributed by atoms with Gasteiger partial charge in [0.15, 0.2) is 0 Å². The molecule has 166 valence electrons. The molecule has 8 heteroatoms. The highest BCUT2D eigenvalue weighted by molar-refractivity contribution is 7.92. The van der Waals surface area contributed by atoms with Gasteiger partial charge in [-0.15, -0.1) is 0 Å². The van der Waals surface area contributed by atoms with Crippen molar-refractivity contribution in [3.05, 3.63) is 83.9 Å². The third-order valence-corrected chi connectivity index (χ3v) is 7.36. The van der Waals surface area contributed by atoms with Gasteiger partial charge in [0.05, 0.1) is 10.6 Å². The minimum Gasteiger partial charge on any atom is -0.372 e. The minimum atomic E-state index is -3.97. The van der Waals surface area contributed by atoms with Gasteiger partial charge in [-0.2, -0.15) is 0 Å². The van der Waals surface area contributed by atoms with Crippen molar-refractivity contribution in [1.29, 1.82) is 0 Å². The molecule has 0 aromatic heterocycles. The molecule has 0 atom stereocenters. The van der Waals surface area contributed by atoms with Gasteiger partial charge in [-0.25, -0.2) is 8.42 Å². The summed E-state index contributed by atoms with van der Waals surface area (Å²) in [4.78, 5) is 15.2. The number of hydrogen-bond donors (Lipinski definition) is 1. The summed E-state index contributed by atoms with van der Waals surface area (Å²) in [6, 6.07) is 22.1. The predicted molar refractivity (Wildman–Crippen MR) is 129 cm³/mol. The highest BCUT2D eigenvalue weighted by Gasteiger charge is 2.27. The second-order valence-corrected chi connectivity index (χ2v) is 9.89. The summed E-state index contributed by atoms with van der Waals surface area (Å²) in [6.07, 6.45) is 2.38. The molecule has 1 aliphatic rings. The van der Waals surface area contributed by atoms with Crippen LogP contribution in [-0.2, 0) is 14.8 Å². The van der Waals surface area contributed by atoms with Crippen LogP contribution in [0.3, 0.4) is 0 Å². The number of hydrogen-bond acceptors (Lipinski definition) is 4. The van der Waals surface area contributed by atoms with Gasteiger partial charge in [0.1, 0.15) is 6.54 Å². The molecule has 0 bridgehead atoms. The Kier molecular flexibility index (Phi) is 6.67. The number of rotatable bonds is 7. The van der Waals surface area contributed by atoms with Crippen LogP contribution >= 0.6 is 11.6 Å². The molecule has 6 nitrogen and oxygen atoms in total. The van der Waals surface area contributed by atoms with E-state index in [-0.39, 0.29) is 11.4 Å². The zero-order chi connectivity index (χ0) is 22.6. The molecule has 1 N–H and O–H groups in total. The Labute approximate surface area is 193 Å². The van der Waals surface area contributed by atoms with Crippen molar-refractivity contribution in [2.45, 2.75) is 17.7 Å². The fourth-order valence-corrected chi connectivity index (χ4v) is 5.35. The molecule has 0 unspecified atom stereocenters. The third-order valence-electron chi connectivity index (χ3n) is 5.34. The molecule has 1 fully saturated rings. The van der Waals surface area contributed by atoms with E-state index in [1.54, 1.807) is 36.4 Å². The van der Waals surface area contributed by atoms with Crippen LogP contribution in [0.5, 0.6) is 0 Å². The first-order valence-corrected chi connectivity index (χ1v) is 12.2. The van der Waals surface area contributed by atoms with Gasteiger partial charge in [0, 0.05) is 29.5 Å². The Morgan fingerprint density at radius 2 is 1.62 bits per heavy atom. The fraction of sp³-hybridized carbons (Fsp3) is 0.208. The largest absolute Gasteiger partial charge is 0.372 e. The number of carbonyl (C=O) groups is 1. The zero-order valence-electron chi connectivity index (χ0n) is 17.4. The van der Waals surface area contributed by atoms with Crippen molar-refractivity contribution in [1.82, 2.24) is 0 Å². The van der Waals surface area contributed by atoms with Crippen LogP contribution in [-0.4, -0.2) is 34.0 Å². The second kappa shape index (κ2) is 9.63. The van der Waals surface area contributed by atoms with Gasteiger partial charge in [0.2, 0.25) is 5.91 Å². The number of sulfonamides is 1. The molecule has 1 amide bonds. The number of nitrogens with zero attached hydrogens (tertiary/aromatic N) is 2. The molecule has 0 aliphatic carbocycles. The average molecular weight is 470 g/mol. The Morgan fingerprint density at radius 1 is 0.938 bits per heavy atom. The molecule has 3 aromatic carbocycles. The summed E-state index contributed by atoms with van der Waals surface area (Å²) in [5.74, 6) is -0.446. The molecule has 0 saturated carbocycles. The van der Waals surface area contributed by atoms with Crippen molar-refractivity contribution in [2.75, 3.05) is 34.2 Å². The highest BCUT2D eigenvalue weighted by atomic mass is 35.5. The number of anilines is 3. The maximum absolute atomic E-state index is 13.3. The lowest BCUT2D eigenvalue weighted by Crippen LogP contribution is -2.38. The van der Waals surface area contributed by atoms with Crippen LogP contribution in [0.4, 0.5) is 17.1 Å². The first kappa shape index (κ1) is 22.2. The summed E-state index contributed by atoms with van der Waals surface area (Å²) in [5, 5.41) is 3.18. The van der Waals surface area contributed by atoms with Crippen LogP contribution in [0, 0.1) is 0 Å². The van der Waals surface area contributed by atoms with Crippen LogP contribution < -0.4 is 14.5 Å². The molecular formula is C24H24ClN3O3S. The summed E-state index contributed by atoms with van der Waals surface area (Å²) >= 11 is 6.09. The first-order chi connectivity index (χ1) is 15.4. The third kappa shape index (κ3) is 5.06. The molecule has 4 rings (SSSR count). The molecule has 3 aromatic rings. The number of nitrogens with one attached hydrogen (secondary N) is 1. The van der Waals surface area contributed by atoms with E-state index in [2.05, 4.69) is 10.2 Å². The lowest BCUT2D eigenvalue weighted by molar-refractivity contribution is -0.114. The second-order valence-electron chi connectivity index (χ2n) is 7.59. The predicted octanol–water partition coefficient (Wildman–Crippen LogP) is 4.77. The maximum atomic E-state index is 13.3. The topological polar surface area (TPSA) is 69.7 Å². The molecule has 1 heterocycles. The smallest absolute Gasteiger partial charge is 0.264 e. The van der Waals surface area contributed by atoms with E-state index < -0.39 is 15.9 Å². The van der Waals surface area contributed by atoms with Crippen molar-refractivity contribution >= 4 is 44.6 Å². The molecule has 32 heavy (non-hydrogen) atoms. The summed E-state index contributed by atoms with van der Waals surface area (Å²) in [5.41, 5.74) is 2.05. The lowest BCUT2D eigenvalue weighted by Gasteiger charge is -2.24. The fourth-order valence-electron chi connectivity index (χ4n) is 3.73. The van der Waals surface area contributed by atoms with Crippen LogP contribution in [0.25, 0.3) is 0 Å². The van der Waals surface area contributed by atoms with Gasteiger partial charge in [-0.3, -0.25) is 9.10 Å². The molecular weight excluding hydrogens is 446 g/mol. The Bertz CT molecular complexity index is 1180.